The molecule has 0 N–H and O–H groups in total. The van der Waals surface area contributed by atoms with Gasteiger partial charge in [0.25, 0.3) is 0 Å². The van der Waals surface area contributed by atoms with Crippen LogP contribution < -0.4 is 10.6 Å². The van der Waals surface area contributed by atoms with Gasteiger partial charge >= 0.3 is 0 Å². The summed E-state index contributed by atoms with van der Waals surface area (Å²) < 4.78 is 4.88. The Balaban J connectivity index is 0.837. The topological polar surface area (TPSA) is 35.6 Å². The van der Waals surface area contributed by atoms with Crippen molar-refractivity contribution in [3.63, 3.8) is 0 Å². The van der Waals surface area contributed by atoms with E-state index in [1.807, 2.05) is 0 Å². The molecular weight excluding hydrogens is 909 g/mol. The lowest BCUT2D eigenvalue weighted by molar-refractivity contribution is 0.652. The molecule has 1 aliphatic carbocycles. The summed E-state index contributed by atoms with van der Waals surface area (Å²) in [7, 11) is 0. The molecule has 75 heavy (non-hydrogen) atoms. The van der Waals surface area contributed by atoms with Crippen molar-refractivity contribution in [3.05, 3.63) is 277 Å². The van der Waals surface area contributed by atoms with Crippen LogP contribution in [0, 0.1) is 0 Å². The van der Waals surface area contributed by atoms with Gasteiger partial charge in [-0.15, -0.1) is 0 Å². The lowest BCUT2D eigenvalue weighted by Gasteiger charge is -2.27. The zero-order chi connectivity index (χ0) is 49.9. The van der Waals surface area contributed by atoms with Gasteiger partial charge in [0.05, 0.1) is 39.3 Å². The molecule has 4 nitrogen and oxygen atoms in total. The average Bonchev–Trinajstić information content (AvgIpc) is 4.05. The van der Waals surface area contributed by atoms with Gasteiger partial charge in [-0.05, 0) is 107 Å². The summed E-state index contributed by atoms with van der Waals surface area (Å²) in [5, 5.41) is 6.26. The molecule has 0 saturated heterocycles. The molecule has 9 aromatic carbocycles. The summed E-state index contributed by atoms with van der Waals surface area (Å²) in [5.74, 6) is 0. The van der Waals surface area contributed by atoms with Crippen molar-refractivity contribution in [1.29, 1.82) is 0 Å². The molecule has 0 aliphatic heterocycles. The maximum absolute atomic E-state index is 5.17. The van der Waals surface area contributed by atoms with Gasteiger partial charge in [0, 0.05) is 65.8 Å². The van der Waals surface area contributed by atoms with E-state index in [1.54, 1.807) is 0 Å². The summed E-state index contributed by atoms with van der Waals surface area (Å²) >= 11 is 0. The third kappa shape index (κ3) is 7.87. The van der Waals surface area contributed by atoms with E-state index in [-0.39, 0.29) is 5.41 Å². The number of aromatic nitrogens is 4. The van der Waals surface area contributed by atoms with Crippen LogP contribution in [0.25, 0.3) is 124 Å². The Hall–Kier alpha value is -9.64. The molecule has 0 fully saturated rings. The molecule has 4 heterocycles. The van der Waals surface area contributed by atoms with E-state index in [4.69, 9.17) is 9.97 Å². The van der Waals surface area contributed by atoms with Gasteiger partial charge in [-0.3, -0.25) is 0 Å². The van der Waals surface area contributed by atoms with E-state index in [2.05, 4.69) is 289 Å². The van der Waals surface area contributed by atoms with Crippen LogP contribution in [0.2, 0.25) is 0 Å². The molecule has 0 spiro atoms. The molecule has 0 amide bonds. The molecule has 0 bridgehead atoms. The second kappa shape index (κ2) is 18.1. The highest BCUT2D eigenvalue weighted by molar-refractivity contribution is 6.09. The van der Waals surface area contributed by atoms with E-state index in [0.717, 1.165) is 85.1 Å². The monoisotopic (exact) mass is 958 g/mol. The Morgan fingerprint density at radius 3 is 1.36 bits per heavy atom. The first-order chi connectivity index (χ1) is 37.0. The van der Waals surface area contributed by atoms with Crippen LogP contribution in [0.1, 0.15) is 18.9 Å². The summed E-state index contributed by atoms with van der Waals surface area (Å²) in [4.78, 5) is 10.3. The van der Waals surface area contributed by atoms with Crippen molar-refractivity contribution >= 4 is 44.9 Å². The number of para-hydroxylation sites is 2. The highest BCUT2D eigenvalue weighted by atomic mass is 15.0. The van der Waals surface area contributed by atoms with Gasteiger partial charge in [0.15, 0.2) is 0 Å². The molecule has 1 unspecified atom stereocenters. The molecule has 4 aromatic heterocycles. The lowest BCUT2D eigenvalue weighted by atomic mass is 9.76. The van der Waals surface area contributed by atoms with E-state index in [9.17, 15) is 0 Å². The summed E-state index contributed by atoms with van der Waals surface area (Å²) in [6, 6.07) is 93.7. The third-order valence-corrected chi connectivity index (χ3v) is 15.3. The number of fused-ring (bicyclic) bond motifs is 6. The van der Waals surface area contributed by atoms with Crippen LogP contribution >= 0.6 is 0 Å². The van der Waals surface area contributed by atoms with E-state index >= 15 is 0 Å². The number of benzene rings is 9. The third-order valence-electron chi connectivity index (χ3n) is 15.3. The first-order valence-corrected chi connectivity index (χ1v) is 25.9. The second-order valence-corrected chi connectivity index (χ2v) is 20.0. The fourth-order valence-electron chi connectivity index (χ4n) is 11.5. The minimum absolute atomic E-state index is 0.244. The fourth-order valence-corrected chi connectivity index (χ4v) is 11.5. The molecule has 14 rings (SSSR count). The molecule has 354 valence electrons. The maximum Gasteiger partial charge on any atom is 0.0715 e. The van der Waals surface area contributed by atoms with Gasteiger partial charge < -0.3 is 9.13 Å². The minimum atomic E-state index is -0.244. The fraction of sp³-hybridized carbons (Fsp3) is 0.0423. The minimum Gasteiger partial charge on any atom is -0.310 e. The Labute approximate surface area is 436 Å². The predicted molar refractivity (Wildman–Crippen MR) is 312 cm³/mol. The van der Waals surface area contributed by atoms with E-state index in [0.29, 0.717) is 0 Å². The molecule has 4 heteroatoms. The number of hydrogen-bond acceptors (Lipinski definition) is 2. The average molecular weight is 959 g/mol. The molecule has 1 aliphatic rings. The molecule has 0 saturated carbocycles. The SMILES string of the molecule is CC1(c2ccc3c(c2)c2ccccc2n3-c2cccc(-c3cc(-c4ccccc4)nc(-c4ccccc4)c3)c2)C=c2c(n(-c3ccc(-c4cc(-c5ccccc5)nc(-c5ccccc5)c4)cc3)c3ccccc23)=CC1. The largest absolute Gasteiger partial charge is 0.310 e. The van der Waals surface area contributed by atoms with Crippen molar-refractivity contribution in [2.45, 2.75) is 18.8 Å². The van der Waals surface area contributed by atoms with Crippen molar-refractivity contribution < 1.29 is 0 Å². The van der Waals surface area contributed by atoms with Gasteiger partial charge in [0.1, 0.15) is 0 Å². The number of pyridine rings is 2. The Kier molecular flexibility index (Phi) is 10.7. The van der Waals surface area contributed by atoms with E-state index < -0.39 is 0 Å². The molecular formula is C71H50N4. The van der Waals surface area contributed by atoms with Crippen molar-refractivity contribution in [2.24, 2.45) is 0 Å². The van der Waals surface area contributed by atoms with Crippen LogP contribution in [0.3, 0.4) is 0 Å². The van der Waals surface area contributed by atoms with Crippen molar-refractivity contribution in [3.8, 4) is 78.7 Å². The zero-order valence-corrected chi connectivity index (χ0v) is 41.5. The highest BCUT2D eigenvalue weighted by Gasteiger charge is 2.28. The number of hydrogen-bond donors (Lipinski definition) is 0. The normalized spacial score (nSPS) is 14.1. The number of nitrogens with zero attached hydrogens (tertiary/aromatic N) is 4. The Bertz CT molecular complexity index is 4310. The van der Waals surface area contributed by atoms with Gasteiger partial charge in [-0.1, -0.05) is 207 Å². The maximum atomic E-state index is 5.17. The van der Waals surface area contributed by atoms with Gasteiger partial charge in [0.2, 0.25) is 0 Å². The number of rotatable bonds is 9. The van der Waals surface area contributed by atoms with Crippen LogP contribution in [0.15, 0.2) is 261 Å². The van der Waals surface area contributed by atoms with Crippen molar-refractivity contribution in [1.82, 2.24) is 19.1 Å². The smallest absolute Gasteiger partial charge is 0.0715 e. The molecule has 0 radical (unpaired) electrons. The summed E-state index contributed by atoms with van der Waals surface area (Å²) in [5.41, 5.74) is 19.7. The van der Waals surface area contributed by atoms with Crippen LogP contribution in [-0.4, -0.2) is 19.1 Å². The van der Waals surface area contributed by atoms with Crippen LogP contribution in [0.4, 0.5) is 0 Å². The first kappa shape index (κ1) is 44.1. The zero-order valence-electron chi connectivity index (χ0n) is 41.5. The molecule has 13 aromatic rings. The summed E-state index contributed by atoms with van der Waals surface area (Å²) in [6.07, 6.45) is 5.87. The van der Waals surface area contributed by atoms with Crippen LogP contribution in [0.5, 0.6) is 0 Å². The van der Waals surface area contributed by atoms with Gasteiger partial charge in [-0.25, -0.2) is 9.97 Å². The summed E-state index contributed by atoms with van der Waals surface area (Å²) in [6.45, 7) is 2.40. The first-order valence-electron chi connectivity index (χ1n) is 25.9. The predicted octanol–water partition coefficient (Wildman–Crippen LogP) is 16.4. The standard InChI is InChI=1S/C71H50N4/c1-71(40-39-70-62(47-71)60-30-15-17-32-68(60)74(70)57-36-33-48(34-37-57)54-42-63(49-19-6-2-7-20-49)72-64(43-54)50-21-8-3-9-22-50)56-35-38-69-61(46-56)59-29-14-16-31-67(59)75(69)58-28-18-27-53(41-58)55-44-65(51-23-10-4-11-24-51)73-66(45-55)52-25-12-5-13-26-52/h2-39,41-47H,40H2,1H3. The Morgan fingerprint density at radius 2 is 0.800 bits per heavy atom. The lowest BCUT2D eigenvalue weighted by Crippen LogP contribution is -2.36. The Morgan fingerprint density at radius 1 is 0.333 bits per heavy atom. The van der Waals surface area contributed by atoms with Crippen molar-refractivity contribution in [2.75, 3.05) is 0 Å². The molecule has 1 atom stereocenters. The second-order valence-electron chi connectivity index (χ2n) is 20.0. The van der Waals surface area contributed by atoms with E-state index in [1.165, 1.54) is 48.8 Å². The quantitative estimate of drug-likeness (QED) is 0.144. The van der Waals surface area contributed by atoms with Crippen LogP contribution in [-0.2, 0) is 5.41 Å². The van der Waals surface area contributed by atoms with Gasteiger partial charge in [-0.2, -0.15) is 0 Å². The highest BCUT2D eigenvalue weighted by Crippen LogP contribution is 2.40.